The number of nitrogens with two attached hydrogens (primary N) is 1. The van der Waals surface area contributed by atoms with Gasteiger partial charge in [0.05, 0.1) is 6.04 Å². The van der Waals surface area contributed by atoms with Gasteiger partial charge in [0.1, 0.15) is 0 Å². The molecule has 2 atom stereocenters. The topological polar surface area (TPSA) is 92.4 Å². The Morgan fingerprint density at radius 2 is 1.75 bits per heavy atom. The number of nitrogens with one attached hydrogen (secondary N) is 1. The third kappa shape index (κ3) is 7.48. The number of carbonyl (C=O) groups is 2. The molecule has 0 bridgehead atoms. The van der Waals surface area contributed by atoms with Crippen LogP contribution < -0.4 is 11.1 Å². The van der Waals surface area contributed by atoms with Crippen molar-refractivity contribution in [2.45, 2.75) is 59.9 Å². The summed E-state index contributed by atoms with van der Waals surface area (Å²) in [4.78, 5) is 22.4. The summed E-state index contributed by atoms with van der Waals surface area (Å²) in [7, 11) is 0. The summed E-state index contributed by atoms with van der Waals surface area (Å²) in [5.74, 6) is -0.536. The van der Waals surface area contributed by atoms with E-state index >= 15 is 0 Å². The Hall–Kier alpha value is -1.10. The third-order valence-corrected chi connectivity index (χ3v) is 3.74. The van der Waals surface area contributed by atoms with E-state index in [1.807, 2.05) is 13.8 Å². The first-order chi connectivity index (χ1) is 9.05. The molecule has 0 saturated carbocycles. The molecule has 5 nitrogen and oxygen atoms in total. The zero-order valence-corrected chi connectivity index (χ0v) is 13.4. The molecule has 0 saturated heterocycles. The first-order valence-electron chi connectivity index (χ1n) is 7.30. The van der Waals surface area contributed by atoms with Crippen LogP contribution in [0.5, 0.6) is 0 Å². The molecule has 0 aromatic heterocycles. The van der Waals surface area contributed by atoms with Crippen LogP contribution in [0.4, 0.5) is 0 Å². The quantitative estimate of drug-likeness (QED) is 0.636. The van der Waals surface area contributed by atoms with Gasteiger partial charge in [-0.3, -0.25) is 9.59 Å². The minimum atomic E-state index is -0.773. The average molecular weight is 286 g/mol. The molecule has 0 aliphatic rings. The van der Waals surface area contributed by atoms with Gasteiger partial charge in [0, 0.05) is 13.0 Å². The van der Waals surface area contributed by atoms with E-state index in [1.165, 1.54) is 0 Å². The molecule has 0 aliphatic carbocycles. The Kier molecular flexibility index (Phi) is 7.79. The van der Waals surface area contributed by atoms with Gasteiger partial charge in [0.2, 0.25) is 5.91 Å². The highest BCUT2D eigenvalue weighted by Gasteiger charge is 2.25. The molecule has 2 unspecified atom stereocenters. The average Bonchev–Trinajstić information content (AvgIpc) is 2.29. The minimum absolute atomic E-state index is 0.0281. The highest BCUT2D eigenvalue weighted by Crippen LogP contribution is 2.32. The predicted octanol–water partition coefficient (Wildman–Crippen LogP) is 2.00. The van der Waals surface area contributed by atoms with Crippen LogP contribution in [-0.4, -0.2) is 29.6 Å². The van der Waals surface area contributed by atoms with Crippen molar-refractivity contribution in [1.29, 1.82) is 0 Å². The molecule has 1 amide bonds. The van der Waals surface area contributed by atoms with Gasteiger partial charge in [-0.2, -0.15) is 0 Å². The van der Waals surface area contributed by atoms with E-state index in [0.29, 0.717) is 13.0 Å². The molecular formula is C15H30N2O3. The molecule has 20 heavy (non-hydrogen) atoms. The van der Waals surface area contributed by atoms with Gasteiger partial charge in [-0.15, -0.1) is 0 Å². The molecule has 118 valence electrons. The molecule has 0 fully saturated rings. The largest absolute Gasteiger partial charge is 0.481 e. The Bertz CT molecular complexity index is 322. The number of hydrogen-bond donors (Lipinski definition) is 3. The molecule has 4 N–H and O–H groups in total. The van der Waals surface area contributed by atoms with Gasteiger partial charge in [-0.25, -0.2) is 0 Å². The van der Waals surface area contributed by atoms with Gasteiger partial charge in [-0.1, -0.05) is 34.6 Å². The summed E-state index contributed by atoms with van der Waals surface area (Å²) >= 11 is 0. The molecule has 5 heteroatoms. The Morgan fingerprint density at radius 3 is 2.15 bits per heavy atom. The van der Waals surface area contributed by atoms with Crippen LogP contribution in [0.25, 0.3) is 0 Å². The van der Waals surface area contributed by atoms with Crippen LogP contribution in [0.2, 0.25) is 0 Å². The summed E-state index contributed by atoms with van der Waals surface area (Å²) in [5.41, 5.74) is 5.80. The van der Waals surface area contributed by atoms with E-state index < -0.39 is 12.0 Å². The maximum atomic E-state index is 11.8. The van der Waals surface area contributed by atoms with Gasteiger partial charge < -0.3 is 16.2 Å². The maximum Gasteiger partial charge on any atom is 0.303 e. The van der Waals surface area contributed by atoms with Crippen molar-refractivity contribution < 1.29 is 14.7 Å². The van der Waals surface area contributed by atoms with E-state index in [1.54, 1.807) is 0 Å². The van der Waals surface area contributed by atoms with Crippen LogP contribution in [0.15, 0.2) is 0 Å². The fraction of sp³-hybridized carbons (Fsp3) is 0.867. The number of hydrogen-bond acceptors (Lipinski definition) is 3. The Labute approximate surface area is 122 Å². The number of carboxylic acid groups (broad SMARTS) is 1. The van der Waals surface area contributed by atoms with Crippen molar-refractivity contribution in [3.05, 3.63) is 0 Å². The number of rotatable bonds is 8. The van der Waals surface area contributed by atoms with Crippen molar-refractivity contribution in [2.75, 3.05) is 6.54 Å². The molecular weight excluding hydrogens is 256 g/mol. The zero-order valence-electron chi connectivity index (χ0n) is 13.4. The highest BCUT2D eigenvalue weighted by molar-refractivity contribution is 5.81. The van der Waals surface area contributed by atoms with Crippen molar-refractivity contribution in [1.82, 2.24) is 5.32 Å². The summed E-state index contributed by atoms with van der Waals surface area (Å²) in [6, 6.07) is -0.484. The van der Waals surface area contributed by atoms with Crippen molar-refractivity contribution >= 4 is 11.9 Å². The van der Waals surface area contributed by atoms with Gasteiger partial charge in [0.25, 0.3) is 0 Å². The first-order valence-corrected chi connectivity index (χ1v) is 7.30. The minimum Gasteiger partial charge on any atom is -0.481 e. The van der Waals surface area contributed by atoms with Gasteiger partial charge in [-0.05, 0) is 30.1 Å². The fourth-order valence-electron chi connectivity index (χ4n) is 2.10. The first kappa shape index (κ1) is 18.9. The van der Waals surface area contributed by atoms with E-state index in [0.717, 1.165) is 6.42 Å². The number of aliphatic carboxylic acids is 1. The lowest BCUT2D eigenvalue weighted by atomic mass is 9.76. The Balaban J connectivity index is 4.27. The van der Waals surface area contributed by atoms with Crippen LogP contribution in [0.1, 0.15) is 53.9 Å². The molecule has 0 spiro atoms. The van der Waals surface area contributed by atoms with Crippen LogP contribution >= 0.6 is 0 Å². The molecule has 0 radical (unpaired) electrons. The predicted molar refractivity (Wildman–Crippen MR) is 80.3 cm³/mol. The van der Waals surface area contributed by atoms with Crippen LogP contribution in [-0.2, 0) is 9.59 Å². The number of carboxylic acids is 1. The fourth-order valence-corrected chi connectivity index (χ4v) is 2.10. The van der Waals surface area contributed by atoms with E-state index in [2.05, 4.69) is 26.1 Å². The third-order valence-electron chi connectivity index (χ3n) is 3.74. The van der Waals surface area contributed by atoms with Gasteiger partial charge >= 0.3 is 5.97 Å². The van der Waals surface area contributed by atoms with Crippen molar-refractivity contribution in [3.8, 4) is 0 Å². The lowest BCUT2D eigenvalue weighted by Crippen LogP contribution is -2.44. The van der Waals surface area contributed by atoms with E-state index in [-0.39, 0.29) is 29.6 Å². The van der Waals surface area contributed by atoms with Crippen LogP contribution in [0, 0.1) is 17.3 Å². The number of amides is 1. The normalized spacial score (nSPS) is 14.9. The molecule has 0 aliphatic heterocycles. The standard InChI is InChI=1S/C15H30N2O3/c1-10(2)13(16)14(20)17-9-8-11(15(3,4)5)6-7-12(18)19/h10-11,13H,6-9,16H2,1-5H3,(H,17,20)(H,18,19). The summed E-state index contributed by atoms with van der Waals surface area (Å²) in [6.45, 7) is 10.7. The maximum absolute atomic E-state index is 11.8. The Morgan fingerprint density at radius 1 is 1.20 bits per heavy atom. The lowest BCUT2D eigenvalue weighted by Gasteiger charge is -2.30. The smallest absolute Gasteiger partial charge is 0.303 e. The molecule has 0 aromatic rings. The zero-order chi connectivity index (χ0) is 15.9. The van der Waals surface area contributed by atoms with E-state index in [4.69, 9.17) is 10.8 Å². The second kappa shape index (κ2) is 8.25. The van der Waals surface area contributed by atoms with Crippen LogP contribution in [0.3, 0.4) is 0 Å². The second-order valence-corrected chi connectivity index (χ2v) is 6.84. The number of carbonyl (C=O) groups excluding carboxylic acids is 1. The summed E-state index contributed by atoms with van der Waals surface area (Å²) in [6.07, 6.45) is 1.57. The molecule has 0 aromatic carbocycles. The van der Waals surface area contributed by atoms with Crippen molar-refractivity contribution in [3.63, 3.8) is 0 Å². The summed E-state index contributed by atoms with van der Waals surface area (Å²) in [5, 5.41) is 11.6. The monoisotopic (exact) mass is 286 g/mol. The molecule has 0 rings (SSSR count). The SMILES string of the molecule is CC(C)C(N)C(=O)NCCC(CCC(=O)O)C(C)(C)C. The molecule has 0 heterocycles. The lowest BCUT2D eigenvalue weighted by molar-refractivity contribution is -0.137. The van der Waals surface area contributed by atoms with E-state index in [9.17, 15) is 9.59 Å². The highest BCUT2D eigenvalue weighted by atomic mass is 16.4. The van der Waals surface area contributed by atoms with Gasteiger partial charge in [0.15, 0.2) is 0 Å². The van der Waals surface area contributed by atoms with Crippen molar-refractivity contribution in [2.24, 2.45) is 23.0 Å². The second-order valence-electron chi connectivity index (χ2n) is 6.84. The summed E-state index contributed by atoms with van der Waals surface area (Å²) < 4.78 is 0.